The monoisotopic (exact) mass is 397 g/mol. The Morgan fingerprint density at radius 3 is 2.57 bits per heavy atom. The lowest BCUT2D eigenvalue weighted by Crippen LogP contribution is -2.23. The van der Waals surface area contributed by atoms with Crippen LogP contribution in [0.2, 0.25) is 0 Å². The Morgan fingerprint density at radius 1 is 1.26 bits per heavy atom. The number of hydrogen-bond acceptors (Lipinski definition) is 4. The Balaban J connectivity index is 2.38. The van der Waals surface area contributed by atoms with E-state index in [1.165, 1.54) is 20.2 Å². The van der Waals surface area contributed by atoms with E-state index in [4.69, 9.17) is 0 Å². The first-order valence-electron chi connectivity index (χ1n) is 6.67. The van der Waals surface area contributed by atoms with Gasteiger partial charge in [-0.05, 0) is 52.7 Å². The van der Waals surface area contributed by atoms with Crippen molar-refractivity contribution in [2.75, 3.05) is 19.4 Å². The highest BCUT2D eigenvalue weighted by atomic mass is 79.9. The largest absolute Gasteiger partial charge is 0.320 e. The first-order valence-corrected chi connectivity index (χ1v) is 8.91. The van der Waals surface area contributed by atoms with Crippen molar-refractivity contribution < 1.29 is 13.2 Å². The predicted molar refractivity (Wildman–Crippen MR) is 91.9 cm³/mol. The maximum absolute atomic E-state index is 12.4. The lowest BCUT2D eigenvalue weighted by Gasteiger charge is -2.14. The van der Waals surface area contributed by atoms with Gasteiger partial charge in [0.1, 0.15) is 0 Å². The summed E-state index contributed by atoms with van der Waals surface area (Å²) in [5.41, 5.74) is 1.70. The first kappa shape index (κ1) is 17.6. The predicted octanol–water partition coefficient (Wildman–Crippen LogP) is 2.66. The molecule has 6 nitrogen and oxygen atoms in total. The molecule has 0 saturated carbocycles. The third-order valence-electron chi connectivity index (χ3n) is 3.24. The van der Waals surface area contributed by atoms with Gasteiger partial charge in [0.15, 0.2) is 0 Å². The molecule has 1 aromatic heterocycles. The number of nitrogens with zero attached hydrogens (tertiary/aromatic N) is 2. The first-order chi connectivity index (χ1) is 10.7. The molecule has 2 aromatic rings. The molecule has 0 spiro atoms. The molecule has 2 rings (SSSR count). The number of nitrogens with one attached hydrogen (secondary N) is 1. The van der Waals surface area contributed by atoms with E-state index in [0.29, 0.717) is 10.2 Å². The standard InChI is InChI=1S/C15H16BrN3O3S/c1-10-6-7-17-9-13(10)18-15(20)11-4-5-12(16)14(8-11)23(21,22)19(2)3/h4-9H,1-3H3,(H,18,20). The number of aromatic nitrogens is 1. The molecule has 0 aliphatic rings. The topological polar surface area (TPSA) is 79.4 Å². The van der Waals surface area contributed by atoms with Crippen LogP contribution in [-0.2, 0) is 10.0 Å². The number of amides is 1. The molecule has 0 aliphatic heterocycles. The molecule has 0 saturated heterocycles. The second-order valence-electron chi connectivity index (χ2n) is 5.08. The van der Waals surface area contributed by atoms with Crippen molar-refractivity contribution >= 4 is 37.5 Å². The van der Waals surface area contributed by atoms with E-state index in [0.717, 1.165) is 9.87 Å². The number of rotatable bonds is 4. The highest BCUT2D eigenvalue weighted by Gasteiger charge is 2.22. The van der Waals surface area contributed by atoms with Crippen molar-refractivity contribution in [2.24, 2.45) is 0 Å². The van der Waals surface area contributed by atoms with E-state index in [2.05, 4.69) is 26.2 Å². The lowest BCUT2D eigenvalue weighted by molar-refractivity contribution is 0.102. The van der Waals surface area contributed by atoms with Gasteiger partial charge < -0.3 is 5.32 Å². The average molecular weight is 398 g/mol. The molecular weight excluding hydrogens is 382 g/mol. The van der Waals surface area contributed by atoms with Gasteiger partial charge in [-0.1, -0.05) is 0 Å². The fraction of sp³-hybridized carbons (Fsp3) is 0.200. The fourth-order valence-electron chi connectivity index (χ4n) is 1.83. The summed E-state index contributed by atoms with van der Waals surface area (Å²) in [6.07, 6.45) is 3.18. The molecule has 1 heterocycles. The molecule has 1 N–H and O–H groups in total. The molecule has 0 fully saturated rings. The zero-order valence-corrected chi connectivity index (χ0v) is 15.3. The smallest absolute Gasteiger partial charge is 0.255 e. The molecule has 0 atom stereocenters. The summed E-state index contributed by atoms with van der Waals surface area (Å²) >= 11 is 3.21. The van der Waals surface area contributed by atoms with E-state index in [9.17, 15) is 13.2 Å². The van der Waals surface area contributed by atoms with E-state index >= 15 is 0 Å². The van der Waals surface area contributed by atoms with Crippen LogP contribution in [0.25, 0.3) is 0 Å². The van der Waals surface area contributed by atoms with E-state index in [1.807, 2.05) is 6.92 Å². The van der Waals surface area contributed by atoms with Crippen LogP contribution in [0.4, 0.5) is 5.69 Å². The van der Waals surface area contributed by atoms with Crippen LogP contribution in [0.5, 0.6) is 0 Å². The molecule has 0 unspecified atom stereocenters. The van der Waals surface area contributed by atoms with Crippen LogP contribution in [0.3, 0.4) is 0 Å². The van der Waals surface area contributed by atoms with Gasteiger partial charge in [0.2, 0.25) is 10.0 Å². The summed E-state index contributed by atoms with van der Waals surface area (Å²) in [5.74, 6) is -0.399. The van der Waals surface area contributed by atoms with Gasteiger partial charge in [0.25, 0.3) is 5.91 Å². The Hall–Kier alpha value is -1.77. The van der Waals surface area contributed by atoms with Crippen LogP contribution < -0.4 is 5.32 Å². The van der Waals surface area contributed by atoms with Crippen molar-refractivity contribution in [2.45, 2.75) is 11.8 Å². The quantitative estimate of drug-likeness (QED) is 0.859. The molecular formula is C15H16BrN3O3S. The molecule has 1 amide bonds. The van der Waals surface area contributed by atoms with Crippen molar-refractivity contribution in [3.05, 3.63) is 52.3 Å². The Kier molecular flexibility index (Phi) is 5.18. The van der Waals surface area contributed by atoms with E-state index in [-0.39, 0.29) is 10.5 Å². The highest BCUT2D eigenvalue weighted by Crippen LogP contribution is 2.25. The molecule has 0 bridgehead atoms. The Labute approximate surface area is 143 Å². The van der Waals surface area contributed by atoms with Crippen LogP contribution in [0.1, 0.15) is 15.9 Å². The van der Waals surface area contributed by atoms with Crippen molar-refractivity contribution in [1.29, 1.82) is 0 Å². The van der Waals surface area contributed by atoms with Gasteiger partial charge in [-0.2, -0.15) is 0 Å². The number of sulfonamides is 1. The number of carbonyl (C=O) groups excluding carboxylic acids is 1. The van der Waals surface area contributed by atoms with E-state index in [1.54, 1.807) is 30.6 Å². The van der Waals surface area contributed by atoms with E-state index < -0.39 is 15.9 Å². The third kappa shape index (κ3) is 3.77. The SMILES string of the molecule is Cc1ccncc1NC(=O)c1ccc(Br)c(S(=O)(=O)N(C)C)c1. The van der Waals surface area contributed by atoms with Gasteiger partial charge in [0.05, 0.1) is 16.8 Å². The number of pyridine rings is 1. The Morgan fingerprint density at radius 2 is 1.96 bits per heavy atom. The molecule has 8 heteroatoms. The maximum Gasteiger partial charge on any atom is 0.255 e. The van der Waals surface area contributed by atoms with Gasteiger partial charge in [-0.25, -0.2) is 12.7 Å². The average Bonchev–Trinajstić information content (AvgIpc) is 2.49. The minimum atomic E-state index is -3.65. The maximum atomic E-state index is 12.4. The number of aryl methyl sites for hydroxylation is 1. The number of halogens is 1. The zero-order valence-electron chi connectivity index (χ0n) is 12.9. The molecule has 1 aromatic carbocycles. The normalized spacial score (nSPS) is 11.5. The Bertz CT molecular complexity index is 851. The summed E-state index contributed by atoms with van der Waals surface area (Å²) in [7, 11) is -0.774. The molecule has 23 heavy (non-hydrogen) atoms. The highest BCUT2D eigenvalue weighted by molar-refractivity contribution is 9.10. The molecule has 0 aliphatic carbocycles. The summed E-state index contributed by atoms with van der Waals surface area (Å²) in [5, 5.41) is 2.73. The molecule has 122 valence electrons. The van der Waals surface area contributed by atoms with Gasteiger partial charge >= 0.3 is 0 Å². The van der Waals surface area contributed by atoms with Crippen molar-refractivity contribution in [3.63, 3.8) is 0 Å². The minimum absolute atomic E-state index is 0.0399. The molecule has 0 radical (unpaired) electrons. The summed E-state index contributed by atoms with van der Waals surface area (Å²) in [6, 6.07) is 6.22. The second kappa shape index (κ2) is 6.77. The number of anilines is 1. The van der Waals surface area contributed by atoms with Crippen molar-refractivity contribution in [3.8, 4) is 0 Å². The van der Waals surface area contributed by atoms with Gasteiger partial charge in [-0.15, -0.1) is 0 Å². The van der Waals surface area contributed by atoms with Crippen LogP contribution in [0.15, 0.2) is 46.0 Å². The van der Waals surface area contributed by atoms with Gasteiger partial charge in [-0.3, -0.25) is 9.78 Å². The van der Waals surface area contributed by atoms with Crippen LogP contribution in [0, 0.1) is 6.92 Å². The minimum Gasteiger partial charge on any atom is -0.320 e. The van der Waals surface area contributed by atoms with Crippen LogP contribution >= 0.6 is 15.9 Å². The third-order valence-corrected chi connectivity index (χ3v) is 6.05. The second-order valence-corrected chi connectivity index (χ2v) is 8.05. The van der Waals surface area contributed by atoms with Crippen molar-refractivity contribution in [1.82, 2.24) is 9.29 Å². The van der Waals surface area contributed by atoms with Gasteiger partial charge in [0, 0.05) is 30.3 Å². The lowest BCUT2D eigenvalue weighted by atomic mass is 10.2. The number of hydrogen-bond donors (Lipinski definition) is 1. The number of benzene rings is 1. The fourth-order valence-corrected chi connectivity index (χ4v) is 3.67. The summed E-state index contributed by atoms with van der Waals surface area (Å²) in [4.78, 5) is 16.4. The van der Waals surface area contributed by atoms with Crippen LogP contribution in [-0.4, -0.2) is 37.7 Å². The summed E-state index contributed by atoms with van der Waals surface area (Å²) in [6.45, 7) is 1.85. The number of carbonyl (C=O) groups is 1. The zero-order chi connectivity index (χ0) is 17.2. The summed E-state index contributed by atoms with van der Waals surface area (Å²) < 4.78 is 26.1.